The van der Waals surface area contributed by atoms with Gasteiger partial charge in [-0.3, -0.25) is 9.59 Å². The van der Waals surface area contributed by atoms with E-state index in [1.54, 1.807) is 25.1 Å². The zero-order valence-corrected chi connectivity index (χ0v) is 20.2. The standard InChI is InChI=1S/C24H30Cl2N2O3/c1-6-17(4)27-24(30)18(5)28(13-19-9-10-20(25)12-21(19)26)23(29)14-31-22-11-15(2)7-8-16(22)3/h7-12,17-18H,6,13-14H2,1-5H3,(H,27,30)/t17-,18+/m1/s1. The molecular weight excluding hydrogens is 435 g/mol. The van der Waals surface area contributed by atoms with E-state index in [0.29, 0.717) is 21.4 Å². The third-order valence-electron chi connectivity index (χ3n) is 5.22. The van der Waals surface area contributed by atoms with Crippen LogP contribution < -0.4 is 10.1 Å². The first-order valence-electron chi connectivity index (χ1n) is 10.4. The van der Waals surface area contributed by atoms with Gasteiger partial charge in [-0.1, -0.05) is 48.3 Å². The summed E-state index contributed by atoms with van der Waals surface area (Å²) >= 11 is 12.3. The first-order chi connectivity index (χ1) is 14.6. The molecule has 2 atom stereocenters. The number of benzene rings is 2. The second-order valence-corrected chi connectivity index (χ2v) is 8.65. The van der Waals surface area contributed by atoms with Crippen molar-refractivity contribution < 1.29 is 14.3 Å². The highest BCUT2D eigenvalue weighted by Gasteiger charge is 2.27. The van der Waals surface area contributed by atoms with Gasteiger partial charge in [0.05, 0.1) is 0 Å². The molecule has 2 rings (SSSR count). The zero-order chi connectivity index (χ0) is 23.1. The molecule has 0 radical (unpaired) electrons. The molecule has 0 saturated heterocycles. The molecule has 2 amide bonds. The Labute approximate surface area is 194 Å². The normalized spacial score (nSPS) is 12.7. The highest BCUT2D eigenvalue weighted by Crippen LogP contribution is 2.24. The molecule has 0 aliphatic heterocycles. The van der Waals surface area contributed by atoms with E-state index in [0.717, 1.165) is 17.5 Å². The molecule has 2 aromatic rings. The van der Waals surface area contributed by atoms with Gasteiger partial charge in [-0.05, 0) is 69.0 Å². The molecule has 0 spiro atoms. The zero-order valence-electron chi connectivity index (χ0n) is 18.7. The quantitative estimate of drug-likeness (QED) is 0.545. The van der Waals surface area contributed by atoms with E-state index in [2.05, 4.69) is 5.32 Å². The molecule has 0 heterocycles. The minimum atomic E-state index is -0.699. The molecule has 0 fully saturated rings. The minimum Gasteiger partial charge on any atom is -0.483 e. The lowest BCUT2D eigenvalue weighted by Gasteiger charge is -2.30. The number of rotatable bonds is 9. The van der Waals surface area contributed by atoms with Crippen LogP contribution in [0, 0.1) is 13.8 Å². The summed E-state index contributed by atoms with van der Waals surface area (Å²) in [5.74, 6) is 0.118. The van der Waals surface area contributed by atoms with Gasteiger partial charge < -0.3 is 15.0 Å². The Morgan fingerprint density at radius 2 is 1.81 bits per heavy atom. The van der Waals surface area contributed by atoms with E-state index in [1.807, 2.05) is 45.9 Å². The Kier molecular flexibility index (Phi) is 9.20. The molecule has 0 saturated carbocycles. The summed E-state index contributed by atoms with van der Waals surface area (Å²) < 4.78 is 5.80. The van der Waals surface area contributed by atoms with Gasteiger partial charge in [0, 0.05) is 22.6 Å². The molecule has 7 heteroatoms. The van der Waals surface area contributed by atoms with Crippen LogP contribution in [0.3, 0.4) is 0 Å². The number of ether oxygens (including phenoxy) is 1. The van der Waals surface area contributed by atoms with Crippen LogP contribution in [0.1, 0.15) is 43.9 Å². The Balaban J connectivity index is 2.23. The van der Waals surface area contributed by atoms with Crippen molar-refractivity contribution in [2.75, 3.05) is 6.61 Å². The average molecular weight is 465 g/mol. The van der Waals surface area contributed by atoms with Crippen molar-refractivity contribution in [3.05, 3.63) is 63.1 Å². The predicted octanol–water partition coefficient (Wildman–Crippen LogP) is 5.32. The summed E-state index contributed by atoms with van der Waals surface area (Å²) in [6.07, 6.45) is 0.797. The van der Waals surface area contributed by atoms with Crippen LogP contribution in [-0.4, -0.2) is 35.4 Å². The Morgan fingerprint density at radius 3 is 2.45 bits per heavy atom. The number of hydrogen-bond acceptors (Lipinski definition) is 3. The number of carbonyl (C=O) groups is 2. The third kappa shape index (κ3) is 7.15. The molecule has 0 aliphatic rings. The molecule has 0 bridgehead atoms. The maximum Gasteiger partial charge on any atom is 0.261 e. The summed E-state index contributed by atoms with van der Waals surface area (Å²) in [6.45, 7) is 9.49. The van der Waals surface area contributed by atoms with E-state index < -0.39 is 6.04 Å². The summed E-state index contributed by atoms with van der Waals surface area (Å²) in [5, 5.41) is 3.88. The van der Waals surface area contributed by atoms with Crippen molar-refractivity contribution in [3.8, 4) is 5.75 Å². The highest BCUT2D eigenvalue weighted by atomic mass is 35.5. The molecule has 168 valence electrons. The fourth-order valence-electron chi connectivity index (χ4n) is 2.97. The van der Waals surface area contributed by atoms with E-state index >= 15 is 0 Å². The van der Waals surface area contributed by atoms with Crippen LogP contribution >= 0.6 is 23.2 Å². The maximum atomic E-state index is 13.1. The number of amides is 2. The summed E-state index contributed by atoms with van der Waals surface area (Å²) in [4.78, 5) is 27.4. The van der Waals surface area contributed by atoms with Crippen LogP contribution in [-0.2, 0) is 16.1 Å². The number of carbonyl (C=O) groups excluding carboxylic acids is 2. The van der Waals surface area contributed by atoms with Gasteiger partial charge in [-0.2, -0.15) is 0 Å². The SMILES string of the molecule is CC[C@@H](C)NC(=O)[C@H](C)N(Cc1ccc(Cl)cc1Cl)C(=O)COc1cc(C)ccc1C. The van der Waals surface area contributed by atoms with Crippen LogP contribution in [0.5, 0.6) is 5.75 Å². The van der Waals surface area contributed by atoms with Gasteiger partial charge >= 0.3 is 0 Å². The Hall–Kier alpha value is -2.24. The van der Waals surface area contributed by atoms with E-state index in [4.69, 9.17) is 27.9 Å². The topological polar surface area (TPSA) is 58.6 Å². The lowest BCUT2D eigenvalue weighted by atomic mass is 10.1. The van der Waals surface area contributed by atoms with E-state index in [9.17, 15) is 9.59 Å². The molecular formula is C24H30Cl2N2O3. The molecule has 1 N–H and O–H groups in total. The fraction of sp³-hybridized carbons (Fsp3) is 0.417. The fourth-order valence-corrected chi connectivity index (χ4v) is 3.44. The number of aryl methyl sites for hydroxylation is 2. The lowest BCUT2D eigenvalue weighted by Crippen LogP contribution is -2.50. The van der Waals surface area contributed by atoms with Crippen molar-refractivity contribution in [1.82, 2.24) is 10.2 Å². The maximum absolute atomic E-state index is 13.1. The van der Waals surface area contributed by atoms with E-state index in [1.165, 1.54) is 4.90 Å². The molecule has 0 aliphatic carbocycles. The summed E-state index contributed by atoms with van der Waals surface area (Å²) in [5.41, 5.74) is 2.68. The van der Waals surface area contributed by atoms with Gasteiger partial charge in [0.1, 0.15) is 11.8 Å². The molecule has 31 heavy (non-hydrogen) atoms. The molecule has 0 unspecified atom stereocenters. The second kappa shape index (κ2) is 11.4. The molecule has 0 aromatic heterocycles. The van der Waals surface area contributed by atoms with Gasteiger partial charge in [0.2, 0.25) is 5.91 Å². The highest BCUT2D eigenvalue weighted by molar-refractivity contribution is 6.35. The monoisotopic (exact) mass is 464 g/mol. The van der Waals surface area contributed by atoms with Crippen molar-refractivity contribution in [1.29, 1.82) is 0 Å². The number of halogens is 2. The van der Waals surface area contributed by atoms with E-state index in [-0.39, 0.29) is 31.0 Å². The van der Waals surface area contributed by atoms with Crippen molar-refractivity contribution >= 4 is 35.0 Å². The van der Waals surface area contributed by atoms with Gasteiger partial charge in [0.25, 0.3) is 5.91 Å². The van der Waals surface area contributed by atoms with Crippen molar-refractivity contribution in [2.45, 2.75) is 59.7 Å². The molecule has 2 aromatic carbocycles. The minimum absolute atomic E-state index is 0.0113. The second-order valence-electron chi connectivity index (χ2n) is 7.81. The Morgan fingerprint density at radius 1 is 1.10 bits per heavy atom. The first kappa shape index (κ1) is 25.0. The van der Waals surface area contributed by atoms with Gasteiger partial charge in [-0.25, -0.2) is 0 Å². The van der Waals surface area contributed by atoms with Crippen LogP contribution in [0.15, 0.2) is 36.4 Å². The van der Waals surface area contributed by atoms with Gasteiger partial charge in [-0.15, -0.1) is 0 Å². The third-order valence-corrected chi connectivity index (χ3v) is 5.81. The summed E-state index contributed by atoms with van der Waals surface area (Å²) in [6, 6.07) is 10.2. The van der Waals surface area contributed by atoms with Crippen LogP contribution in [0.4, 0.5) is 0 Å². The summed E-state index contributed by atoms with van der Waals surface area (Å²) in [7, 11) is 0. The van der Waals surface area contributed by atoms with Gasteiger partial charge in [0.15, 0.2) is 6.61 Å². The van der Waals surface area contributed by atoms with Crippen molar-refractivity contribution in [2.24, 2.45) is 0 Å². The number of nitrogens with zero attached hydrogens (tertiary/aromatic N) is 1. The smallest absolute Gasteiger partial charge is 0.261 e. The van der Waals surface area contributed by atoms with Crippen molar-refractivity contribution in [3.63, 3.8) is 0 Å². The molecule has 5 nitrogen and oxygen atoms in total. The average Bonchev–Trinajstić information content (AvgIpc) is 2.73. The predicted molar refractivity (Wildman–Crippen MR) is 126 cm³/mol. The number of nitrogens with one attached hydrogen (secondary N) is 1. The van der Waals surface area contributed by atoms with Crippen LogP contribution in [0.2, 0.25) is 10.0 Å². The Bertz CT molecular complexity index is 933. The lowest BCUT2D eigenvalue weighted by molar-refractivity contribution is -0.142. The number of hydrogen-bond donors (Lipinski definition) is 1. The largest absolute Gasteiger partial charge is 0.483 e. The van der Waals surface area contributed by atoms with Crippen LogP contribution in [0.25, 0.3) is 0 Å². The first-order valence-corrected chi connectivity index (χ1v) is 11.1.